The van der Waals surface area contributed by atoms with Crippen molar-refractivity contribution in [1.82, 2.24) is 14.8 Å². The van der Waals surface area contributed by atoms with Crippen LogP contribution in [0.25, 0.3) is 0 Å². The predicted octanol–water partition coefficient (Wildman–Crippen LogP) is 3.07. The Bertz CT molecular complexity index is 714. The molecule has 2 bridgehead atoms. The van der Waals surface area contributed by atoms with Gasteiger partial charge < -0.3 is 4.90 Å². The average molecular weight is 341 g/mol. The number of thiophene rings is 1. The van der Waals surface area contributed by atoms with Crippen LogP contribution in [0.1, 0.15) is 29.0 Å². The molecule has 3 aliphatic rings. The van der Waals surface area contributed by atoms with Crippen molar-refractivity contribution in [2.75, 3.05) is 13.1 Å². The SMILES string of the molecule is Cc1ccsc1CN1C[C@@H]2CC[C@H](C1)N(Cc1ccccn1)C2=O. The number of carbonyl (C=O) groups is 1. The first-order chi connectivity index (χ1) is 11.7. The maximum atomic E-state index is 12.9. The molecule has 0 spiro atoms. The first-order valence-corrected chi connectivity index (χ1v) is 9.54. The normalized spacial score (nSPS) is 24.4. The molecule has 5 heteroatoms. The Morgan fingerprint density at radius 2 is 2.12 bits per heavy atom. The second kappa shape index (κ2) is 6.65. The van der Waals surface area contributed by atoms with Crippen molar-refractivity contribution in [2.24, 2.45) is 5.92 Å². The van der Waals surface area contributed by atoms with Crippen LogP contribution >= 0.6 is 11.3 Å². The maximum Gasteiger partial charge on any atom is 0.227 e. The third kappa shape index (κ3) is 3.10. The van der Waals surface area contributed by atoms with Crippen LogP contribution in [-0.2, 0) is 17.9 Å². The van der Waals surface area contributed by atoms with E-state index in [-0.39, 0.29) is 5.92 Å². The molecule has 2 aromatic heterocycles. The zero-order chi connectivity index (χ0) is 16.5. The van der Waals surface area contributed by atoms with Crippen molar-refractivity contribution in [3.05, 3.63) is 52.0 Å². The molecule has 0 aromatic carbocycles. The van der Waals surface area contributed by atoms with E-state index in [9.17, 15) is 4.79 Å². The summed E-state index contributed by atoms with van der Waals surface area (Å²) in [5.74, 6) is 0.468. The van der Waals surface area contributed by atoms with E-state index in [0.717, 1.165) is 38.2 Å². The average Bonchev–Trinajstić information content (AvgIpc) is 2.81. The first kappa shape index (κ1) is 15.8. The number of hydrogen-bond donors (Lipinski definition) is 0. The van der Waals surface area contributed by atoms with Gasteiger partial charge in [-0.3, -0.25) is 14.7 Å². The smallest absolute Gasteiger partial charge is 0.227 e. The molecule has 1 amide bonds. The monoisotopic (exact) mass is 341 g/mol. The van der Waals surface area contributed by atoms with Crippen LogP contribution in [0.3, 0.4) is 0 Å². The highest BCUT2D eigenvalue weighted by atomic mass is 32.1. The molecule has 0 saturated carbocycles. The van der Waals surface area contributed by atoms with Gasteiger partial charge in [0.25, 0.3) is 0 Å². The summed E-state index contributed by atoms with van der Waals surface area (Å²) in [5, 5.41) is 2.16. The molecule has 24 heavy (non-hydrogen) atoms. The second-order valence-electron chi connectivity index (χ2n) is 6.94. The lowest BCUT2D eigenvalue weighted by molar-refractivity contribution is -0.140. The number of pyridine rings is 1. The van der Waals surface area contributed by atoms with Crippen LogP contribution < -0.4 is 0 Å². The topological polar surface area (TPSA) is 36.4 Å². The Labute approximate surface area is 147 Å². The van der Waals surface area contributed by atoms with Crippen molar-refractivity contribution >= 4 is 17.2 Å². The van der Waals surface area contributed by atoms with Crippen molar-refractivity contribution in [3.8, 4) is 0 Å². The van der Waals surface area contributed by atoms with Crippen molar-refractivity contribution in [1.29, 1.82) is 0 Å². The highest BCUT2D eigenvalue weighted by Gasteiger charge is 2.40. The minimum atomic E-state index is 0.146. The molecule has 126 valence electrons. The molecule has 5 heterocycles. The first-order valence-electron chi connectivity index (χ1n) is 8.66. The number of amides is 1. The minimum Gasteiger partial charge on any atom is -0.332 e. The van der Waals surface area contributed by atoms with Crippen LogP contribution in [0.5, 0.6) is 0 Å². The van der Waals surface area contributed by atoms with E-state index in [4.69, 9.17) is 0 Å². The minimum absolute atomic E-state index is 0.146. The van der Waals surface area contributed by atoms with Crippen molar-refractivity contribution in [2.45, 2.75) is 38.9 Å². The van der Waals surface area contributed by atoms with Gasteiger partial charge in [0.1, 0.15) is 0 Å². The molecule has 3 fully saturated rings. The summed E-state index contributed by atoms with van der Waals surface area (Å²) in [6.07, 6.45) is 3.95. The van der Waals surface area contributed by atoms with Crippen LogP contribution in [0.2, 0.25) is 0 Å². The Morgan fingerprint density at radius 3 is 2.88 bits per heavy atom. The lowest BCUT2D eigenvalue weighted by Crippen LogP contribution is -2.47. The number of hydrogen-bond acceptors (Lipinski definition) is 4. The summed E-state index contributed by atoms with van der Waals surface area (Å²) in [6, 6.07) is 8.43. The van der Waals surface area contributed by atoms with Gasteiger partial charge >= 0.3 is 0 Å². The number of nitrogens with zero attached hydrogens (tertiary/aromatic N) is 3. The lowest BCUT2D eigenvalue weighted by Gasteiger charge is -2.35. The van der Waals surface area contributed by atoms with Gasteiger partial charge in [0.2, 0.25) is 5.91 Å². The molecule has 0 N–H and O–H groups in total. The summed E-state index contributed by atoms with van der Waals surface area (Å²) in [5.41, 5.74) is 2.35. The van der Waals surface area contributed by atoms with E-state index in [1.54, 1.807) is 0 Å². The molecule has 0 unspecified atom stereocenters. The fraction of sp³-hybridized carbons (Fsp3) is 0.474. The summed E-state index contributed by atoms with van der Waals surface area (Å²) in [6.45, 7) is 5.67. The third-order valence-electron chi connectivity index (χ3n) is 5.26. The second-order valence-corrected chi connectivity index (χ2v) is 7.94. The number of carbonyl (C=O) groups excluding carboxylic acids is 1. The van der Waals surface area contributed by atoms with E-state index < -0.39 is 0 Å². The molecule has 0 radical (unpaired) electrons. The van der Waals surface area contributed by atoms with E-state index >= 15 is 0 Å². The van der Waals surface area contributed by atoms with E-state index in [0.29, 0.717) is 18.5 Å². The van der Waals surface area contributed by atoms with Crippen LogP contribution in [0, 0.1) is 12.8 Å². The van der Waals surface area contributed by atoms with Gasteiger partial charge in [-0.15, -0.1) is 11.3 Å². The maximum absolute atomic E-state index is 12.9. The zero-order valence-electron chi connectivity index (χ0n) is 14.0. The number of rotatable bonds is 4. The highest BCUT2D eigenvalue weighted by molar-refractivity contribution is 7.10. The largest absolute Gasteiger partial charge is 0.332 e. The number of aryl methyl sites for hydroxylation is 1. The standard InChI is InChI=1S/C19H23N3OS/c1-14-7-9-24-18(14)13-21-10-15-5-6-17(12-21)22(19(15)23)11-16-4-2-3-8-20-16/h2-4,7-9,15,17H,5-6,10-13H2,1H3/t15-,17+/m0/s1. The Balaban J connectivity index is 1.51. The van der Waals surface area contributed by atoms with Crippen LogP contribution in [0.15, 0.2) is 35.8 Å². The van der Waals surface area contributed by atoms with Gasteiger partial charge in [-0.1, -0.05) is 6.07 Å². The predicted molar refractivity (Wildman–Crippen MR) is 95.6 cm³/mol. The summed E-state index contributed by atoms with van der Waals surface area (Å²) >= 11 is 1.83. The molecule has 3 aliphatic heterocycles. The number of fused-ring (bicyclic) bond motifs is 4. The van der Waals surface area contributed by atoms with Gasteiger partial charge in [0.05, 0.1) is 18.2 Å². The summed E-state index contributed by atoms with van der Waals surface area (Å²) < 4.78 is 0. The summed E-state index contributed by atoms with van der Waals surface area (Å²) in [7, 11) is 0. The van der Waals surface area contributed by atoms with Crippen LogP contribution in [0.4, 0.5) is 0 Å². The molecule has 0 aliphatic carbocycles. The lowest BCUT2D eigenvalue weighted by atomic mass is 9.94. The van der Waals surface area contributed by atoms with Crippen LogP contribution in [-0.4, -0.2) is 39.8 Å². The van der Waals surface area contributed by atoms with E-state index in [2.05, 4.69) is 33.2 Å². The van der Waals surface area contributed by atoms with Crippen molar-refractivity contribution < 1.29 is 4.79 Å². The van der Waals surface area contributed by atoms with Crippen molar-refractivity contribution in [3.63, 3.8) is 0 Å². The van der Waals surface area contributed by atoms with Gasteiger partial charge in [-0.25, -0.2) is 0 Å². The molecule has 2 aromatic rings. The molecule has 2 atom stereocenters. The molecular formula is C19H23N3OS. The zero-order valence-corrected chi connectivity index (χ0v) is 14.8. The Morgan fingerprint density at radius 1 is 1.21 bits per heavy atom. The quantitative estimate of drug-likeness (QED) is 0.857. The molecule has 3 saturated heterocycles. The summed E-state index contributed by atoms with van der Waals surface area (Å²) in [4.78, 5) is 23.3. The number of piperidine rings is 1. The Hall–Kier alpha value is -1.72. The fourth-order valence-electron chi connectivity index (χ4n) is 3.90. The van der Waals surface area contributed by atoms with Gasteiger partial charge in [0.15, 0.2) is 0 Å². The molecular weight excluding hydrogens is 318 g/mol. The molecule has 4 nitrogen and oxygen atoms in total. The third-order valence-corrected chi connectivity index (χ3v) is 6.27. The van der Waals surface area contributed by atoms with Gasteiger partial charge in [-0.2, -0.15) is 0 Å². The van der Waals surface area contributed by atoms with E-state index in [1.165, 1.54) is 10.4 Å². The fourth-order valence-corrected chi connectivity index (χ4v) is 4.85. The highest BCUT2D eigenvalue weighted by Crippen LogP contribution is 2.31. The van der Waals surface area contributed by atoms with Gasteiger partial charge in [-0.05, 0) is 48.9 Å². The van der Waals surface area contributed by atoms with E-state index in [1.807, 2.05) is 35.7 Å². The van der Waals surface area contributed by atoms with Gasteiger partial charge in [0, 0.05) is 36.8 Å². The Kier molecular flexibility index (Phi) is 4.37. The number of aromatic nitrogens is 1. The molecule has 5 rings (SSSR count).